The number of carbonyl (C=O) groups excluding carboxylic acids is 1. The fourth-order valence-electron chi connectivity index (χ4n) is 2.62. The first kappa shape index (κ1) is 13.8. The van der Waals surface area contributed by atoms with Gasteiger partial charge in [-0.2, -0.15) is 0 Å². The van der Waals surface area contributed by atoms with Crippen LogP contribution in [0.25, 0.3) is 0 Å². The number of methoxy groups -OCH3 is 1. The van der Waals surface area contributed by atoms with Crippen molar-refractivity contribution in [3.05, 3.63) is 29.8 Å². The highest BCUT2D eigenvalue weighted by atomic mass is 16.5. The third kappa shape index (κ3) is 3.24. The zero-order chi connectivity index (χ0) is 13.8. The van der Waals surface area contributed by atoms with E-state index in [0.29, 0.717) is 12.0 Å². The Morgan fingerprint density at radius 3 is 2.68 bits per heavy atom. The van der Waals surface area contributed by atoms with Gasteiger partial charge in [-0.3, -0.25) is 10.2 Å². The smallest absolute Gasteiger partial charge is 0.411 e. The summed E-state index contributed by atoms with van der Waals surface area (Å²) in [6, 6.07) is 8.31. The monoisotopic (exact) mass is 263 g/mol. The maximum atomic E-state index is 11.1. The summed E-state index contributed by atoms with van der Waals surface area (Å²) in [6.07, 6.45) is 0.644. The molecule has 0 bridgehead atoms. The molecule has 2 atom stereocenters. The number of hydrogen-bond donors (Lipinski definition) is 2. The lowest BCUT2D eigenvalue weighted by atomic mass is 10.00. The van der Waals surface area contributed by atoms with Crippen LogP contribution in [-0.4, -0.2) is 38.2 Å². The maximum Gasteiger partial charge on any atom is 0.411 e. The number of anilines is 1. The SMILES string of the molecule is COC(=O)Nc1ccc(C2CC(CN)CN2C)cc1. The van der Waals surface area contributed by atoms with Gasteiger partial charge in [0.2, 0.25) is 0 Å². The molecule has 0 radical (unpaired) electrons. The third-order valence-electron chi connectivity index (χ3n) is 3.70. The van der Waals surface area contributed by atoms with Crippen molar-refractivity contribution in [2.24, 2.45) is 11.7 Å². The Balaban J connectivity index is 2.04. The van der Waals surface area contributed by atoms with Crippen LogP contribution in [0.1, 0.15) is 18.0 Å². The number of likely N-dealkylation sites (tertiary alicyclic amines) is 1. The molecule has 1 aliphatic rings. The molecule has 0 spiro atoms. The van der Waals surface area contributed by atoms with Crippen molar-refractivity contribution in [3.63, 3.8) is 0 Å². The second kappa shape index (κ2) is 6.04. The van der Waals surface area contributed by atoms with Crippen molar-refractivity contribution < 1.29 is 9.53 Å². The normalized spacial score (nSPS) is 23.3. The molecular weight excluding hydrogens is 242 g/mol. The first-order chi connectivity index (χ1) is 9.13. The lowest BCUT2D eigenvalue weighted by Crippen LogP contribution is -2.20. The van der Waals surface area contributed by atoms with Crippen molar-refractivity contribution in [3.8, 4) is 0 Å². The Kier molecular flexibility index (Phi) is 4.39. The first-order valence-electron chi connectivity index (χ1n) is 6.49. The van der Waals surface area contributed by atoms with Crippen LogP contribution in [0, 0.1) is 5.92 Å². The summed E-state index contributed by atoms with van der Waals surface area (Å²) in [5, 5.41) is 2.65. The molecular formula is C14H21N3O2. The highest BCUT2D eigenvalue weighted by Gasteiger charge is 2.29. The van der Waals surface area contributed by atoms with E-state index >= 15 is 0 Å². The molecule has 1 aliphatic heterocycles. The van der Waals surface area contributed by atoms with Crippen LogP contribution in [0.3, 0.4) is 0 Å². The Bertz CT molecular complexity index is 433. The molecule has 104 valence electrons. The van der Waals surface area contributed by atoms with Crippen LogP contribution >= 0.6 is 0 Å². The molecule has 1 saturated heterocycles. The quantitative estimate of drug-likeness (QED) is 0.873. The predicted molar refractivity (Wildman–Crippen MR) is 75.0 cm³/mol. The van der Waals surface area contributed by atoms with Crippen molar-refractivity contribution >= 4 is 11.8 Å². The van der Waals surface area contributed by atoms with Crippen molar-refractivity contribution in [2.75, 3.05) is 32.6 Å². The molecule has 5 nitrogen and oxygen atoms in total. The van der Waals surface area contributed by atoms with Gasteiger partial charge in [-0.15, -0.1) is 0 Å². The van der Waals surface area contributed by atoms with Gasteiger partial charge in [-0.1, -0.05) is 12.1 Å². The van der Waals surface area contributed by atoms with E-state index in [2.05, 4.69) is 22.0 Å². The van der Waals surface area contributed by atoms with Crippen molar-refractivity contribution in [1.82, 2.24) is 4.90 Å². The zero-order valence-corrected chi connectivity index (χ0v) is 11.4. The average molecular weight is 263 g/mol. The molecule has 1 heterocycles. The van der Waals surface area contributed by atoms with Crippen LogP contribution < -0.4 is 11.1 Å². The summed E-state index contributed by atoms with van der Waals surface area (Å²) in [4.78, 5) is 13.4. The largest absolute Gasteiger partial charge is 0.453 e. The summed E-state index contributed by atoms with van der Waals surface area (Å²) in [6.45, 7) is 1.78. The number of nitrogens with one attached hydrogen (secondary N) is 1. The number of carbonyl (C=O) groups is 1. The van der Waals surface area contributed by atoms with Gasteiger partial charge in [0.1, 0.15) is 0 Å². The van der Waals surface area contributed by atoms with Crippen molar-refractivity contribution in [2.45, 2.75) is 12.5 Å². The maximum absolute atomic E-state index is 11.1. The number of nitrogens with two attached hydrogens (primary N) is 1. The second-order valence-electron chi connectivity index (χ2n) is 5.03. The minimum atomic E-state index is -0.450. The van der Waals surface area contributed by atoms with E-state index in [-0.39, 0.29) is 0 Å². The van der Waals surface area contributed by atoms with Gasteiger partial charge in [-0.05, 0) is 43.6 Å². The minimum Gasteiger partial charge on any atom is -0.453 e. The number of ether oxygens (including phenoxy) is 1. The molecule has 0 saturated carbocycles. The molecule has 2 rings (SSSR count). The molecule has 1 aromatic carbocycles. The molecule has 5 heteroatoms. The zero-order valence-electron chi connectivity index (χ0n) is 11.4. The summed E-state index contributed by atoms with van der Waals surface area (Å²) >= 11 is 0. The topological polar surface area (TPSA) is 67.6 Å². The standard InChI is InChI=1S/C14H21N3O2/c1-17-9-10(8-15)7-13(17)11-3-5-12(6-4-11)16-14(18)19-2/h3-6,10,13H,7-9,15H2,1-2H3,(H,16,18). The van der Waals surface area contributed by atoms with E-state index in [1.807, 2.05) is 24.3 Å². The van der Waals surface area contributed by atoms with Crippen LogP contribution in [0.4, 0.5) is 10.5 Å². The third-order valence-corrected chi connectivity index (χ3v) is 3.70. The number of nitrogens with zero attached hydrogens (tertiary/aromatic N) is 1. The van der Waals surface area contributed by atoms with E-state index < -0.39 is 6.09 Å². The first-order valence-corrected chi connectivity index (χ1v) is 6.49. The minimum absolute atomic E-state index is 0.417. The highest BCUT2D eigenvalue weighted by Crippen LogP contribution is 2.33. The Morgan fingerprint density at radius 1 is 1.47 bits per heavy atom. The lowest BCUT2D eigenvalue weighted by molar-refractivity contribution is 0.187. The molecule has 3 N–H and O–H groups in total. The van der Waals surface area contributed by atoms with Crippen molar-refractivity contribution in [1.29, 1.82) is 0 Å². The molecule has 2 unspecified atom stereocenters. The fraction of sp³-hybridized carbons (Fsp3) is 0.500. The highest BCUT2D eigenvalue weighted by molar-refractivity contribution is 5.84. The van der Waals surface area contributed by atoms with Gasteiger partial charge in [0.25, 0.3) is 0 Å². The predicted octanol–water partition coefficient (Wildman–Crippen LogP) is 1.82. The Labute approximate surface area is 113 Å². The van der Waals surface area contributed by atoms with E-state index in [9.17, 15) is 4.79 Å². The van der Waals surface area contributed by atoms with E-state index in [4.69, 9.17) is 5.73 Å². The number of benzene rings is 1. The molecule has 0 aliphatic carbocycles. The van der Waals surface area contributed by atoms with E-state index in [1.165, 1.54) is 12.7 Å². The van der Waals surface area contributed by atoms with Crippen LogP contribution in [0.15, 0.2) is 24.3 Å². The Hall–Kier alpha value is -1.59. The van der Waals surface area contributed by atoms with Gasteiger partial charge >= 0.3 is 6.09 Å². The van der Waals surface area contributed by atoms with Crippen LogP contribution in [0.5, 0.6) is 0 Å². The summed E-state index contributed by atoms with van der Waals surface area (Å²) in [7, 11) is 3.48. The Morgan fingerprint density at radius 2 is 2.16 bits per heavy atom. The molecule has 19 heavy (non-hydrogen) atoms. The average Bonchev–Trinajstić information content (AvgIpc) is 2.81. The molecule has 1 amide bonds. The fourth-order valence-corrected chi connectivity index (χ4v) is 2.62. The summed E-state index contributed by atoms with van der Waals surface area (Å²) < 4.78 is 4.56. The lowest BCUT2D eigenvalue weighted by Gasteiger charge is -2.19. The second-order valence-corrected chi connectivity index (χ2v) is 5.03. The van der Waals surface area contributed by atoms with Crippen LogP contribution in [-0.2, 0) is 4.74 Å². The van der Waals surface area contributed by atoms with Gasteiger partial charge in [0, 0.05) is 18.3 Å². The summed E-state index contributed by atoms with van der Waals surface area (Å²) in [5.74, 6) is 0.572. The molecule has 0 aromatic heterocycles. The molecule has 1 aromatic rings. The van der Waals surface area contributed by atoms with E-state index in [0.717, 1.165) is 25.2 Å². The summed E-state index contributed by atoms with van der Waals surface area (Å²) in [5.41, 5.74) is 7.74. The van der Waals surface area contributed by atoms with Gasteiger partial charge in [0.15, 0.2) is 0 Å². The number of hydrogen-bond acceptors (Lipinski definition) is 4. The van der Waals surface area contributed by atoms with Gasteiger partial charge < -0.3 is 10.5 Å². The van der Waals surface area contributed by atoms with Crippen LogP contribution in [0.2, 0.25) is 0 Å². The van der Waals surface area contributed by atoms with E-state index in [1.54, 1.807) is 0 Å². The number of rotatable bonds is 3. The number of amides is 1. The molecule has 1 fully saturated rings. The van der Waals surface area contributed by atoms with Gasteiger partial charge in [-0.25, -0.2) is 4.79 Å². The van der Waals surface area contributed by atoms with Gasteiger partial charge in [0.05, 0.1) is 7.11 Å².